The van der Waals surface area contributed by atoms with Gasteiger partial charge in [0.05, 0.1) is 43.9 Å². The van der Waals surface area contributed by atoms with Crippen molar-refractivity contribution in [3.8, 4) is 17.0 Å². The van der Waals surface area contributed by atoms with Gasteiger partial charge in [-0.1, -0.05) is 0 Å². The van der Waals surface area contributed by atoms with Crippen molar-refractivity contribution < 1.29 is 18.7 Å². The van der Waals surface area contributed by atoms with E-state index in [0.717, 1.165) is 29.3 Å². The number of ether oxygens (including phenoxy) is 2. The SMILES string of the molecule is COc1ccc(-c2cnc3n2C[C@@]2(CCN(C(=O)c4ccoc4)C2)OC3)cc1. The first kappa shape index (κ1) is 17.1. The molecule has 1 spiro atoms. The Morgan fingerprint density at radius 3 is 2.82 bits per heavy atom. The molecular formula is C21H21N3O4. The third-order valence-electron chi connectivity index (χ3n) is 5.65. The molecule has 1 fully saturated rings. The van der Waals surface area contributed by atoms with Crippen LogP contribution in [0.4, 0.5) is 0 Å². The van der Waals surface area contributed by atoms with E-state index in [2.05, 4.69) is 9.55 Å². The Bertz CT molecular complexity index is 993. The van der Waals surface area contributed by atoms with Gasteiger partial charge in [0.15, 0.2) is 0 Å². The minimum atomic E-state index is -0.381. The van der Waals surface area contributed by atoms with E-state index in [4.69, 9.17) is 13.9 Å². The lowest BCUT2D eigenvalue weighted by molar-refractivity contribution is -0.0804. The molecule has 2 aliphatic heterocycles. The molecule has 1 aromatic carbocycles. The highest BCUT2D eigenvalue weighted by Gasteiger charge is 2.44. The number of rotatable bonds is 3. The Kier molecular flexibility index (Phi) is 3.98. The Hall–Kier alpha value is -3.06. The van der Waals surface area contributed by atoms with Gasteiger partial charge in [-0.25, -0.2) is 4.98 Å². The first-order valence-electron chi connectivity index (χ1n) is 9.32. The predicted octanol–water partition coefficient (Wildman–Crippen LogP) is 2.97. The van der Waals surface area contributed by atoms with Gasteiger partial charge in [0, 0.05) is 12.1 Å². The molecule has 0 aliphatic carbocycles. The minimum absolute atomic E-state index is 0.0129. The lowest BCUT2D eigenvalue weighted by Crippen LogP contribution is -2.45. The van der Waals surface area contributed by atoms with Crippen LogP contribution in [0, 0.1) is 0 Å². The molecule has 4 heterocycles. The Balaban J connectivity index is 1.39. The summed E-state index contributed by atoms with van der Waals surface area (Å²) in [5, 5.41) is 0. The summed E-state index contributed by atoms with van der Waals surface area (Å²) in [6.45, 7) is 2.37. The number of aromatic nitrogens is 2. The van der Waals surface area contributed by atoms with E-state index >= 15 is 0 Å². The van der Waals surface area contributed by atoms with Gasteiger partial charge >= 0.3 is 0 Å². The zero-order valence-corrected chi connectivity index (χ0v) is 15.6. The van der Waals surface area contributed by atoms with Crippen LogP contribution in [0.5, 0.6) is 5.75 Å². The topological polar surface area (TPSA) is 69.7 Å². The minimum Gasteiger partial charge on any atom is -0.497 e. The zero-order chi connectivity index (χ0) is 19.1. The standard InChI is InChI=1S/C21H21N3O4/c1-26-17-4-2-15(3-5-17)18-10-22-19-12-28-21(14-24(18)19)7-8-23(13-21)20(25)16-6-9-27-11-16/h2-6,9-11H,7-8,12-14H2,1H3/t21-/m0/s1. The summed E-state index contributed by atoms with van der Waals surface area (Å²) in [4.78, 5) is 19.0. The van der Waals surface area contributed by atoms with Crippen LogP contribution in [-0.4, -0.2) is 46.2 Å². The van der Waals surface area contributed by atoms with Crippen LogP contribution >= 0.6 is 0 Å². The molecule has 1 saturated heterocycles. The fourth-order valence-corrected chi connectivity index (χ4v) is 4.08. The molecule has 7 heteroatoms. The number of hydrogen-bond donors (Lipinski definition) is 0. The lowest BCUT2D eigenvalue weighted by Gasteiger charge is -2.35. The fraction of sp³-hybridized carbons (Fsp3) is 0.333. The zero-order valence-electron chi connectivity index (χ0n) is 15.6. The molecule has 0 saturated carbocycles. The number of carbonyl (C=O) groups excluding carboxylic acids is 1. The summed E-state index contributed by atoms with van der Waals surface area (Å²) in [5.74, 6) is 1.73. The first-order valence-corrected chi connectivity index (χ1v) is 9.32. The summed E-state index contributed by atoms with van der Waals surface area (Å²) < 4.78 is 18.7. The van der Waals surface area contributed by atoms with E-state index in [1.807, 2.05) is 35.4 Å². The molecule has 28 heavy (non-hydrogen) atoms. The van der Waals surface area contributed by atoms with Crippen LogP contribution in [0.15, 0.2) is 53.5 Å². The number of nitrogens with zero attached hydrogens (tertiary/aromatic N) is 3. The monoisotopic (exact) mass is 379 g/mol. The maximum absolute atomic E-state index is 12.7. The molecule has 0 unspecified atom stereocenters. The molecule has 0 N–H and O–H groups in total. The largest absolute Gasteiger partial charge is 0.497 e. The highest BCUT2D eigenvalue weighted by Crippen LogP contribution is 2.36. The van der Waals surface area contributed by atoms with Gasteiger partial charge in [0.25, 0.3) is 5.91 Å². The number of carbonyl (C=O) groups is 1. The van der Waals surface area contributed by atoms with Gasteiger partial charge in [-0.2, -0.15) is 0 Å². The summed E-state index contributed by atoms with van der Waals surface area (Å²) in [5.41, 5.74) is 2.34. The second-order valence-electron chi connectivity index (χ2n) is 7.33. The molecule has 2 aliphatic rings. The van der Waals surface area contributed by atoms with Crippen molar-refractivity contribution in [2.24, 2.45) is 0 Å². The van der Waals surface area contributed by atoms with Crippen molar-refractivity contribution in [3.63, 3.8) is 0 Å². The first-order chi connectivity index (χ1) is 13.7. The molecule has 144 valence electrons. The van der Waals surface area contributed by atoms with E-state index in [0.29, 0.717) is 31.8 Å². The summed E-state index contributed by atoms with van der Waals surface area (Å²) in [7, 11) is 1.66. The average Bonchev–Trinajstić information content (AvgIpc) is 3.48. The number of likely N-dealkylation sites (tertiary alicyclic amines) is 1. The molecule has 3 aromatic rings. The number of imidazole rings is 1. The van der Waals surface area contributed by atoms with Crippen LogP contribution < -0.4 is 4.74 Å². The summed E-state index contributed by atoms with van der Waals surface area (Å²) in [6, 6.07) is 9.67. The van der Waals surface area contributed by atoms with Gasteiger partial charge in [-0.15, -0.1) is 0 Å². The van der Waals surface area contributed by atoms with Crippen LogP contribution in [-0.2, 0) is 17.9 Å². The van der Waals surface area contributed by atoms with Crippen LogP contribution in [0.3, 0.4) is 0 Å². The molecular weight excluding hydrogens is 358 g/mol. The second-order valence-corrected chi connectivity index (χ2v) is 7.33. The number of amides is 1. The third kappa shape index (κ3) is 2.79. The Morgan fingerprint density at radius 2 is 2.07 bits per heavy atom. The van der Waals surface area contributed by atoms with Crippen molar-refractivity contribution >= 4 is 5.91 Å². The molecule has 1 atom stereocenters. The van der Waals surface area contributed by atoms with E-state index in [1.54, 1.807) is 13.2 Å². The maximum atomic E-state index is 12.7. The predicted molar refractivity (Wildman–Crippen MR) is 101 cm³/mol. The van der Waals surface area contributed by atoms with Gasteiger partial charge < -0.3 is 23.4 Å². The smallest absolute Gasteiger partial charge is 0.257 e. The maximum Gasteiger partial charge on any atom is 0.257 e. The molecule has 7 nitrogen and oxygen atoms in total. The van der Waals surface area contributed by atoms with Gasteiger partial charge in [0.2, 0.25) is 0 Å². The van der Waals surface area contributed by atoms with E-state index in [1.165, 1.54) is 12.5 Å². The van der Waals surface area contributed by atoms with Crippen molar-refractivity contribution in [3.05, 3.63) is 60.4 Å². The highest BCUT2D eigenvalue weighted by molar-refractivity contribution is 5.94. The quantitative estimate of drug-likeness (QED) is 0.700. The van der Waals surface area contributed by atoms with Crippen LogP contribution in [0.25, 0.3) is 11.3 Å². The van der Waals surface area contributed by atoms with Crippen molar-refractivity contribution in [1.82, 2.24) is 14.5 Å². The van der Waals surface area contributed by atoms with E-state index < -0.39 is 0 Å². The van der Waals surface area contributed by atoms with Crippen molar-refractivity contribution in [2.45, 2.75) is 25.2 Å². The molecule has 5 rings (SSSR count). The third-order valence-corrected chi connectivity index (χ3v) is 5.65. The number of furan rings is 1. The Morgan fingerprint density at radius 1 is 1.21 bits per heavy atom. The number of benzene rings is 1. The van der Waals surface area contributed by atoms with E-state index in [-0.39, 0.29) is 11.5 Å². The molecule has 2 aromatic heterocycles. The van der Waals surface area contributed by atoms with E-state index in [9.17, 15) is 4.79 Å². The number of methoxy groups -OCH3 is 1. The van der Waals surface area contributed by atoms with Crippen LogP contribution in [0.2, 0.25) is 0 Å². The van der Waals surface area contributed by atoms with Crippen molar-refractivity contribution in [1.29, 1.82) is 0 Å². The Labute approximate surface area is 162 Å². The van der Waals surface area contributed by atoms with Gasteiger partial charge in [-0.3, -0.25) is 4.79 Å². The van der Waals surface area contributed by atoms with Crippen LogP contribution in [0.1, 0.15) is 22.6 Å². The number of hydrogen-bond acceptors (Lipinski definition) is 5. The highest BCUT2D eigenvalue weighted by atomic mass is 16.5. The molecule has 0 bridgehead atoms. The average molecular weight is 379 g/mol. The summed E-state index contributed by atoms with van der Waals surface area (Å²) >= 11 is 0. The molecule has 0 radical (unpaired) electrons. The lowest BCUT2D eigenvalue weighted by atomic mass is 10.0. The normalized spacial score (nSPS) is 21.1. The summed E-state index contributed by atoms with van der Waals surface area (Å²) in [6.07, 6.45) is 5.71. The molecule has 1 amide bonds. The van der Waals surface area contributed by atoms with Gasteiger partial charge in [-0.05, 0) is 36.8 Å². The number of fused-ring (bicyclic) bond motifs is 1. The fourth-order valence-electron chi connectivity index (χ4n) is 4.08. The van der Waals surface area contributed by atoms with Gasteiger partial charge in [0.1, 0.15) is 30.0 Å². The van der Waals surface area contributed by atoms with Crippen molar-refractivity contribution in [2.75, 3.05) is 20.2 Å². The second kappa shape index (κ2) is 6.53.